The molecule has 4 nitrogen and oxygen atoms in total. The third-order valence-corrected chi connectivity index (χ3v) is 3.76. The zero-order chi connectivity index (χ0) is 17.4. The van der Waals surface area contributed by atoms with E-state index >= 15 is 0 Å². The molecule has 0 aliphatic carbocycles. The Labute approximate surface area is 150 Å². The number of nitrogens with zero attached hydrogens (tertiary/aromatic N) is 1. The van der Waals surface area contributed by atoms with Crippen LogP contribution in [0.25, 0.3) is 6.08 Å². The first kappa shape index (κ1) is 17.9. The normalized spacial score (nSPS) is 11.5. The molecule has 0 spiro atoms. The number of allylic oxidation sites excluding steroid dienone is 1. The summed E-state index contributed by atoms with van der Waals surface area (Å²) < 4.78 is 6.20. The van der Waals surface area contributed by atoms with Crippen LogP contribution in [-0.2, 0) is 4.79 Å². The lowest BCUT2D eigenvalue weighted by Gasteiger charge is -2.07. The summed E-state index contributed by atoms with van der Waals surface area (Å²) in [5.41, 5.74) is 5.78. The van der Waals surface area contributed by atoms with Crippen molar-refractivity contribution >= 4 is 34.1 Å². The smallest absolute Gasteiger partial charge is 0.277 e. The van der Waals surface area contributed by atoms with Crippen molar-refractivity contribution in [3.63, 3.8) is 0 Å². The van der Waals surface area contributed by atoms with Gasteiger partial charge in [-0.05, 0) is 64.7 Å². The van der Waals surface area contributed by atoms with Gasteiger partial charge in [-0.25, -0.2) is 5.43 Å². The maximum atomic E-state index is 11.7. The van der Waals surface area contributed by atoms with E-state index in [1.165, 1.54) is 11.8 Å². The number of hydrogen-bond donors (Lipinski definition) is 1. The van der Waals surface area contributed by atoms with E-state index < -0.39 is 0 Å². The predicted molar refractivity (Wildman–Crippen MR) is 101 cm³/mol. The van der Waals surface area contributed by atoms with Crippen molar-refractivity contribution in [3.05, 3.63) is 69.7 Å². The Morgan fingerprint density at radius 1 is 1.17 bits per heavy atom. The van der Waals surface area contributed by atoms with E-state index in [9.17, 15) is 4.79 Å². The van der Waals surface area contributed by atoms with Gasteiger partial charge >= 0.3 is 0 Å². The summed E-state index contributed by atoms with van der Waals surface area (Å²) in [7, 11) is 0. The first-order valence-electron chi connectivity index (χ1n) is 7.49. The molecule has 0 saturated heterocycles. The average molecular weight is 387 g/mol. The molecule has 5 heteroatoms. The van der Waals surface area contributed by atoms with Crippen molar-refractivity contribution in [1.82, 2.24) is 5.43 Å². The second-order valence-electron chi connectivity index (χ2n) is 5.27. The molecule has 1 N–H and O–H groups in total. The van der Waals surface area contributed by atoms with Gasteiger partial charge in [0.2, 0.25) is 0 Å². The predicted octanol–water partition coefficient (Wildman–Crippen LogP) is 4.22. The minimum absolute atomic E-state index is 0.0835. The van der Waals surface area contributed by atoms with Gasteiger partial charge in [-0.2, -0.15) is 5.10 Å². The highest BCUT2D eigenvalue weighted by molar-refractivity contribution is 9.12. The van der Waals surface area contributed by atoms with Gasteiger partial charge in [-0.3, -0.25) is 4.79 Å². The Bertz CT molecular complexity index is 755. The summed E-state index contributed by atoms with van der Waals surface area (Å²) in [6, 6.07) is 15.5. The number of amides is 1. The lowest BCUT2D eigenvalue weighted by Crippen LogP contribution is -2.24. The van der Waals surface area contributed by atoms with E-state index in [1.807, 2.05) is 68.5 Å². The fourth-order valence-corrected chi connectivity index (χ4v) is 2.26. The molecule has 0 radical (unpaired) electrons. The molecular weight excluding hydrogens is 368 g/mol. The average Bonchev–Trinajstić information content (AvgIpc) is 2.57. The summed E-state index contributed by atoms with van der Waals surface area (Å²) >= 11 is 3.38. The van der Waals surface area contributed by atoms with E-state index in [0.717, 1.165) is 15.6 Å². The molecule has 24 heavy (non-hydrogen) atoms. The number of ether oxygens (including phenoxy) is 1. The summed E-state index contributed by atoms with van der Waals surface area (Å²) in [5, 5.41) is 3.89. The van der Waals surface area contributed by atoms with Gasteiger partial charge in [0.1, 0.15) is 5.75 Å². The van der Waals surface area contributed by atoms with Crippen LogP contribution in [0.15, 0.2) is 58.1 Å². The first-order chi connectivity index (χ1) is 11.5. The van der Waals surface area contributed by atoms with Crippen LogP contribution in [0.3, 0.4) is 0 Å². The number of hydrogen-bond acceptors (Lipinski definition) is 3. The Balaban J connectivity index is 1.80. The molecule has 2 aromatic carbocycles. The summed E-state index contributed by atoms with van der Waals surface area (Å²) in [6.07, 6.45) is 3.43. The molecule has 124 valence electrons. The Kier molecular flexibility index (Phi) is 6.75. The van der Waals surface area contributed by atoms with Crippen molar-refractivity contribution in [3.8, 4) is 5.75 Å². The van der Waals surface area contributed by atoms with Gasteiger partial charge < -0.3 is 4.74 Å². The minimum Gasteiger partial charge on any atom is -0.484 e. The molecule has 0 aromatic heterocycles. The highest BCUT2D eigenvalue weighted by Gasteiger charge is 2.02. The lowest BCUT2D eigenvalue weighted by atomic mass is 10.1. The number of carbonyl (C=O) groups is 1. The molecule has 0 fully saturated rings. The molecule has 0 aliphatic rings. The molecule has 2 rings (SSSR count). The van der Waals surface area contributed by atoms with E-state index in [2.05, 4.69) is 26.5 Å². The van der Waals surface area contributed by atoms with Crippen LogP contribution in [0.5, 0.6) is 5.75 Å². The number of benzene rings is 2. The lowest BCUT2D eigenvalue weighted by molar-refractivity contribution is -0.123. The van der Waals surface area contributed by atoms with Crippen molar-refractivity contribution in [2.24, 2.45) is 5.10 Å². The van der Waals surface area contributed by atoms with Crippen molar-refractivity contribution in [2.75, 3.05) is 6.61 Å². The summed E-state index contributed by atoms with van der Waals surface area (Å²) in [4.78, 5) is 11.7. The molecule has 0 heterocycles. The van der Waals surface area contributed by atoms with Crippen molar-refractivity contribution in [2.45, 2.75) is 13.8 Å². The Morgan fingerprint density at radius 2 is 1.92 bits per heavy atom. The maximum absolute atomic E-state index is 11.7. The Morgan fingerprint density at radius 3 is 2.62 bits per heavy atom. The van der Waals surface area contributed by atoms with Crippen LogP contribution >= 0.6 is 15.9 Å². The third-order valence-electron chi connectivity index (χ3n) is 3.33. The second-order valence-corrected chi connectivity index (χ2v) is 6.18. The highest BCUT2D eigenvalue weighted by Crippen LogP contribution is 2.16. The Hall–Kier alpha value is -2.40. The van der Waals surface area contributed by atoms with E-state index in [1.54, 1.807) is 0 Å². The zero-order valence-electron chi connectivity index (χ0n) is 13.6. The molecule has 0 saturated carbocycles. The zero-order valence-corrected chi connectivity index (χ0v) is 15.2. The molecule has 0 atom stereocenters. The topological polar surface area (TPSA) is 50.7 Å². The molecule has 2 aromatic rings. The fraction of sp³-hybridized carbons (Fsp3) is 0.158. The molecule has 1 amide bonds. The number of aryl methyl sites for hydroxylation is 2. The van der Waals surface area contributed by atoms with Crippen LogP contribution in [0.2, 0.25) is 0 Å². The van der Waals surface area contributed by atoms with Crippen LogP contribution in [-0.4, -0.2) is 18.7 Å². The first-order valence-corrected chi connectivity index (χ1v) is 8.28. The van der Waals surface area contributed by atoms with Gasteiger partial charge in [0.25, 0.3) is 5.91 Å². The van der Waals surface area contributed by atoms with Crippen molar-refractivity contribution in [1.29, 1.82) is 0 Å². The van der Waals surface area contributed by atoms with Gasteiger partial charge in [-0.1, -0.05) is 36.4 Å². The van der Waals surface area contributed by atoms with Crippen LogP contribution < -0.4 is 10.2 Å². The fourth-order valence-electron chi connectivity index (χ4n) is 1.90. The monoisotopic (exact) mass is 386 g/mol. The number of halogens is 1. The summed E-state index contributed by atoms with van der Waals surface area (Å²) in [6.45, 7) is 3.95. The van der Waals surface area contributed by atoms with Gasteiger partial charge in [0.15, 0.2) is 6.61 Å². The second kappa shape index (κ2) is 9.03. The largest absolute Gasteiger partial charge is 0.484 e. The standard InChI is InChI=1S/C19H19BrN2O2/c1-14-8-9-18(10-15(14)2)24-13-19(23)22-21-12-17(20)11-16-6-4-3-5-7-16/h3-12H,13H2,1-2H3,(H,22,23)/b17-11-,21-12+. The quantitative estimate of drug-likeness (QED) is 0.596. The van der Waals surface area contributed by atoms with Crippen LogP contribution in [0, 0.1) is 13.8 Å². The number of nitrogens with one attached hydrogen (secondary N) is 1. The molecule has 0 bridgehead atoms. The van der Waals surface area contributed by atoms with Gasteiger partial charge in [-0.15, -0.1) is 0 Å². The minimum atomic E-state index is -0.315. The third kappa shape index (κ3) is 6.01. The maximum Gasteiger partial charge on any atom is 0.277 e. The molecule has 0 aliphatic heterocycles. The molecular formula is C19H19BrN2O2. The van der Waals surface area contributed by atoms with E-state index in [-0.39, 0.29) is 12.5 Å². The van der Waals surface area contributed by atoms with Crippen LogP contribution in [0.4, 0.5) is 0 Å². The SMILES string of the molecule is Cc1ccc(OCC(=O)N/N=C/C(Br)=C/c2ccccc2)cc1C. The summed E-state index contributed by atoms with van der Waals surface area (Å²) in [5.74, 6) is 0.354. The number of carbonyl (C=O) groups excluding carboxylic acids is 1. The van der Waals surface area contributed by atoms with Crippen LogP contribution in [0.1, 0.15) is 16.7 Å². The van der Waals surface area contributed by atoms with Gasteiger partial charge in [0.05, 0.1) is 6.21 Å². The van der Waals surface area contributed by atoms with Crippen molar-refractivity contribution < 1.29 is 9.53 Å². The number of rotatable bonds is 6. The van der Waals surface area contributed by atoms with Gasteiger partial charge in [0, 0.05) is 4.48 Å². The molecule has 0 unspecified atom stereocenters. The highest BCUT2D eigenvalue weighted by atomic mass is 79.9. The van der Waals surface area contributed by atoms with E-state index in [4.69, 9.17) is 4.74 Å². The van der Waals surface area contributed by atoms with E-state index in [0.29, 0.717) is 5.75 Å². The number of hydrazone groups is 1.